The van der Waals surface area contributed by atoms with Crippen LogP contribution in [0.5, 0.6) is 5.75 Å². The molecule has 1 aromatic carbocycles. The molecule has 0 unspecified atom stereocenters. The molecule has 1 aliphatic rings. The summed E-state index contributed by atoms with van der Waals surface area (Å²) in [6, 6.07) is 4.09. The number of hydrogen-bond acceptors (Lipinski definition) is 3. The van der Waals surface area contributed by atoms with E-state index in [0.29, 0.717) is 5.56 Å². The zero-order chi connectivity index (χ0) is 13.8. The van der Waals surface area contributed by atoms with Gasteiger partial charge in [0.15, 0.2) is 11.6 Å². The van der Waals surface area contributed by atoms with E-state index in [1.807, 2.05) is 0 Å². The highest BCUT2D eigenvalue weighted by atomic mass is 35.5. The monoisotopic (exact) mass is 303 g/mol. The lowest BCUT2D eigenvalue weighted by atomic mass is 9.81. The molecule has 0 bridgehead atoms. The first-order chi connectivity index (χ1) is 9.13. The largest absolute Gasteiger partial charge is 0.494 e. The third-order valence-electron chi connectivity index (χ3n) is 4.06. The number of halogens is 2. The minimum atomic E-state index is -0.604. The van der Waals surface area contributed by atoms with Gasteiger partial charge in [0.1, 0.15) is 0 Å². The molecule has 2 atom stereocenters. The van der Waals surface area contributed by atoms with Gasteiger partial charge >= 0.3 is 0 Å². The van der Waals surface area contributed by atoms with Crippen LogP contribution in [0.25, 0.3) is 0 Å². The van der Waals surface area contributed by atoms with Crippen molar-refractivity contribution in [3.05, 3.63) is 29.6 Å². The first kappa shape index (κ1) is 17.2. The minimum absolute atomic E-state index is 0. The van der Waals surface area contributed by atoms with Gasteiger partial charge in [-0.3, -0.25) is 0 Å². The molecule has 0 spiro atoms. The standard InChI is InChI=1S/C15H22FNO2.ClH/c1-19-13-8-7-11(9-12(13)16)14(17)15(18)10-5-3-2-4-6-10;/h7-10,14-15,18H,2-6,17H2,1H3;1H/t14-,15+;/m0./s1. The lowest BCUT2D eigenvalue weighted by molar-refractivity contribution is 0.0617. The molecule has 0 aromatic heterocycles. The lowest BCUT2D eigenvalue weighted by Crippen LogP contribution is -2.34. The third kappa shape index (κ3) is 3.84. The number of methoxy groups -OCH3 is 1. The molecule has 1 aliphatic carbocycles. The van der Waals surface area contributed by atoms with E-state index in [4.69, 9.17) is 10.5 Å². The summed E-state index contributed by atoms with van der Waals surface area (Å²) in [5.74, 6) is -0.0108. The van der Waals surface area contributed by atoms with E-state index >= 15 is 0 Å². The van der Waals surface area contributed by atoms with Crippen LogP contribution in [0, 0.1) is 11.7 Å². The molecule has 3 nitrogen and oxygen atoms in total. The van der Waals surface area contributed by atoms with Crippen LogP contribution in [-0.4, -0.2) is 18.3 Å². The van der Waals surface area contributed by atoms with Gasteiger partial charge in [-0.1, -0.05) is 25.3 Å². The topological polar surface area (TPSA) is 55.5 Å². The van der Waals surface area contributed by atoms with E-state index in [1.165, 1.54) is 19.6 Å². The Morgan fingerprint density at radius 1 is 1.30 bits per heavy atom. The summed E-state index contributed by atoms with van der Waals surface area (Å²) in [5.41, 5.74) is 6.69. The maximum absolute atomic E-state index is 13.7. The first-order valence-corrected chi connectivity index (χ1v) is 6.90. The Balaban J connectivity index is 0.00000200. The Bertz CT molecular complexity index is 424. The number of benzene rings is 1. The van der Waals surface area contributed by atoms with Crippen molar-refractivity contribution in [2.24, 2.45) is 11.7 Å². The minimum Gasteiger partial charge on any atom is -0.494 e. The average molecular weight is 304 g/mol. The molecule has 20 heavy (non-hydrogen) atoms. The third-order valence-corrected chi connectivity index (χ3v) is 4.06. The van der Waals surface area contributed by atoms with Gasteiger partial charge in [0.05, 0.1) is 19.3 Å². The van der Waals surface area contributed by atoms with Crippen molar-refractivity contribution in [3.8, 4) is 5.75 Å². The van der Waals surface area contributed by atoms with Gasteiger partial charge in [-0.25, -0.2) is 4.39 Å². The van der Waals surface area contributed by atoms with Crippen LogP contribution in [0.3, 0.4) is 0 Å². The van der Waals surface area contributed by atoms with Crippen LogP contribution in [0.4, 0.5) is 4.39 Å². The number of nitrogens with two attached hydrogens (primary N) is 1. The zero-order valence-corrected chi connectivity index (χ0v) is 12.5. The SMILES string of the molecule is COc1ccc([C@H](N)[C@H](O)C2CCCCC2)cc1F.Cl. The van der Waals surface area contributed by atoms with E-state index in [1.54, 1.807) is 12.1 Å². The molecule has 3 N–H and O–H groups in total. The average Bonchev–Trinajstić information content (AvgIpc) is 2.46. The molecule has 0 radical (unpaired) electrons. The summed E-state index contributed by atoms with van der Waals surface area (Å²) in [5, 5.41) is 10.3. The Hall–Kier alpha value is -0.840. The van der Waals surface area contributed by atoms with E-state index in [9.17, 15) is 9.50 Å². The second kappa shape index (κ2) is 7.81. The smallest absolute Gasteiger partial charge is 0.165 e. The fourth-order valence-electron chi connectivity index (χ4n) is 2.86. The Morgan fingerprint density at radius 3 is 2.50 bits per heavy atom. The van der Waals surface area contributed by atoms with Crippen LogP contribution in [-0.2, 0) is 0 Å². The number of aliphatic hydroxyl groups excluding tert-OH is 1. The molecular weight excluding hydrogens is 281 g/mol. The molecule has 1 aromatic rings. The molecule has 5 heteroatoms. The molecule has 2 rings (SSSR count). The van der Waals surface area contributed by atoms with Crippen molar-refractivity contribution >= 4 is 12.4 Å². The van der Waals surface area contributed by atoms with Crippen molar-refractivity contribution in [3.63, 3.8) is 0 Å². The molecule has 114 valence electrons. The van der Waals surface area contributed by atoms with Crippen LogP contribution < -0.4 is 10.5 Å². The van der Waals surface area contributed by atoms with Crippen molar-refractivity contribution < 1.29 is 14.2 Å². The molecule has 1 saturated carbocycles. The Kier molecular flexibility index (Phi) is 6.72. The maximum Gasteiger partial charge on any atom is 0.165 e. The second-order valence-electron chi connectivity index (χ2n) is 5.31. The summed E-state index contributed by atoms with van der Waals surface area (Å²) in [6.45, 7) is 0. The molecule has 0 saturated heterocycles. The van der Waals surface area contributed by atoms with Gasteiger partial charge < -0.3 is 15.6 Å². The van der Waals surface area contributed by atoms with Gasteiger partial charge in [-0.2, -0.15) is 0 Å². The summed E-state index contributed by atoms with van der Waals surface area (Å²) < 4.78 is 18.5. The lowest BCUT2D eigenvalue weighted by Gasteiger charge is -2.30. The highest BCUT2D eigenvalue weighted by Crippen LogP contribution is 2.32. The predicted molar refractivity (Wildman–Crippen MR) is 79.7 cm³/mol. The van der Waals surface area contributed by atoms with Crippen LogP contribution in [0.2, 0.25) is 0 Å². The fourth-order valence-corrected chi connectivity index (χ4v) is 2.86. The van der Waals surface area contributed by atoms with E-state index in [-0.39, 0.29) is 24.1 Å². The fraction of sp³-hybridized carbons (Fsp3) is 0.600. The van der Waals surface area contributed by atoms with Gasteiger partial charge in [-0.05, 0) is 36.5 Å². The Labute approximate surface area is 125 Å². The molecule has 0 heterocycles. The van der Waals surface area contributed by atoms with Crippen LogP contribution in [0.1, 0.15) is 43.7 Å². The second-order valence-corrected chi connectivity index (χ2v) is 5.31. The highest BCUT2D eigenvalue weighted by Gasteiger charge is 2.28. The predicted octanol–water partition coefficient (Wildman–Crippen LogP) is 3.20. The zero-order valence-electron chi connectivity index (χ0n) is 11.7. The van der Waals surface area contributed by atoms with Crippen molar-refractivity contribution in [2.45, 2.75) is 44.2 Å². The molecular formula is C15H23ClFNO2. The van der Waals surface area contributed by atoms with Crippen molar-refractivity contribution in [1.82, 2.24) is 0 Å². The molecule has 0 amide bonds. The van der Waals surface area contributed by atoms with Crippen LogP contribution >= 0.6 is 12.4 Å². The van der Waals surface area contributed by atoms with Crippen LogP contribution in [0.15, 0.2) is 18.2 Å². The summed E-state index contributed by atoms with van der Waals surface area (Å²) in [6.07, 6.45) is 4.93. The number of ether oxygens (including phenoxy) is 1. The van der Waals surface area contributed by atoms with E-state index in [0.717, 1.165) is 25.7 Å². The van der Waals surface area contributed by atoms with E-state index < -0.39 is 18.0 Å². The summed E-state index contributed by atoms with van der Waals surface area (Å²) in [4.78, 5) is 0. The summed E-state index contributed by atoms with van der Waals surface area (Å²) >= 11 is 0. The maximum atomic E-state index is 13.7. The number of aliphatic hydroxyl groups is 1. The normalized spacial score (nSPS) is 19.0. The summed E-state index contributed by atoms with van der Waals surface area (Å²) in [7, 11) is 1.43. The molecule has 1 fully saturated rings. The Morgan fingerprint density at radius 2 is 1.95 bits per heavy atom. The van der Waals surface area contributed by atoms with Gasteiger partial charge in [0.2, 0.25) is 0 Å². The quantitative estimate of drug-likeness (QED) is 0.898. The van der Waals surface area contributed by atoms with Crippen molar-refractivity contribution in [2.75, 3.05) is 7.11 Å². The first-order valence-electron chi connectivity index (χ1n) is 6.90. The highest BCUT2D eigenvalue weighted by molar-refractivity contribution is 5.85. The van der Waals surface area contributed by atoms with Gasteiger partial charge in [0, 0.05) is 0 Å². The van der Waals surface area contributed by atoms with Crippen molar-refractivity contribution in [1.29, 1.82) is 0 Å². The molecule has 0 aliphatic heterocycles. The van der Waals surface area contributed by atoms with Gasteiger partial charge in [-0.15, -0.1) is 12.4 Å². The van der Waals surface area contributed by atoms with E-state index in [2.05, 4.69) is 0 Å². The number of rotatable bonds is 4. The number of hydrogen-bond donors (Lipinski definition) is 2. The van der Waals surface area contributed by atoms with Gasteiger partial charge in [0.25, 0.3) is 0 Å².